The van der Waals surface area contributed by atoms with Crippen LogP contribution in [0.2, 0.25) is 0 Å². The Morgan fingerprint density at radius 2 is 1.89 bits per heavy atom. The van der Waals surface area contributed by atoms with Crippen molar-refractivity contribution in [2.45, 2.75) is 12.5 Å². The molecule has 0 fully saturated rings. The van der Waals surface area contributed by atoms with E-state index in [9.17, 15) is 0 Å². The maximum atomic E-state index is 6.07. The van der Waals surface area contributed by atoms with Gasteiger partial charge in [-0.15, -0.1) is 0 Å². The predicted octanol–water partition coefficient (Wildman–Crippen LogP) is 3.65. The van der Waals surface area contributed by atoms with Crippen LogP contribution in [0.4, 0.5) is 0 Å². The summed E-state index contributed by atoms with van der Waals surface area (Å²) in [4.78, 5) is 4.40. The zero-order valence-corrected chi connectivity index (χ0v) is 15.1. The molecule has 1 aliphatic rings. The second kappa shape index (κ2) is 7.99. The number of ether oxygens (including phenoxy) is 2. The first-order valence-electron chi connectivity index (χ1n) is 9.20. The van der Waals surface area contributed by atoms with Crippen LogP contribution in [0, 0.1) is 0 Å². The summed E-state index contributed by atoms with van der Waals surface area (Å²) in [5, 5.41) is 5.57. The number of hydrogen-bond donors (Lipinski definition) is 2. The van der Waals surface area contributed by atoms with Crippen molar-refractivity contribution in [3.63, 3.8) is 0 Å². The van der Waals surface area contributed by atoms with Crippen molar-refractivity contribution in [2.75, 3.05) is 19.8 Å². The molecule has 0 saturated carbocycles. The minimum atomic E-state index is 0.123. The second-order valence-corrected chi connectivity index (χ2v) is 6.46. The highest BCUT2D eigenvalue weighted by Crippen LogP contribution is 2.31. The average molecular weight is 361 g/mol. The van der Waals surface area contributed by atoms with E-state index in [0.29, 0.717) is 25.7 Å². The molecule has 0 amide bonds. The third-order valence-corrected chi connectivity index (χ3v) is 4.66. The van der Waals surface area contributed by atoms with Gasteiger partial charge in [-0.3, -0.25) is 0 Å². The Hall–Kier alpha value is -3.21. The van der Waals surface area contributed by atoms with Gasteiger partial charge in [-0.25, -0.2) is 4.99 Å². The molecule has 0 saturated heterocycles. The fourth-order valence-electron chi connectivity index (χ4n) is 3.36. The van der Waals surface area contributed by atoms with E-state index in [0.717, 1.165) is 34.3 Å². The third-order valence-electron chi connectivity index (χ3n) is 4.66. The number of rotatable bonds is 5. The van der Waals surface area contributed by atoms with Gasteiger partial charge in [0.05, 0.1) is 19.2 Å². The number of nitrogens with one attached hydrogen (secondary N) is 1. The molecule has 5 heteroatoms. The lowest BCUT2D eigenvalue weighted by atomic mass is 10.0. The van der Waals surface area contributed by atoms with Crippen LogP contribution in [0.15, 0.2) is 71.7 Å². The van der Waals surface area contributed by atoms with Crippen LogP contribution in [-0.4, -0.2) is 25.7 Å². The molecule has 1 aliphatic heterocycles. The topological polar surface area (TPSA) is 68.9 Å². The molecule has 27 heavy (non-hydrogen) atoms. The van der Waals surface area contributed by atoms with E-state index >= 15 is 0 Å². The SMILES string of the molecule is NC(=NCCOc1cccc2ccccc12)NC1CCOc2ccccc21. The molecular formula is C22H23N3O2. The van der Waals surface area contributed by atoms with Gasteiger partial charge >= 0.3 is 0 Å². The van der Waals surface area contributed by atoms with Gasteiger partial charge in [0.2, 0.25) is 0 Å². The number of fused-ring (bicyclic) bond motifs is 2. The highest BCUT2D eigenvalue weighted by atomic mass is 16.5. The summed E-state index contributed by atoms with van der Waals surface area (Å²) < 4.78 is 11.6. The van der Waals surface area contributed by atoms with Crippen LogP contribution < -0.4 is 20.5 Å². The number of benzene rings is 3. The molecule has 3 aromatic rings. The summed E-state index contributed by atoms with van der Waals surface area (Å²) in [6.07, 6.45) is 0.861. The summed E-state index contributed by atoms with van der Waals surface area (Å²) in [5.41, 5.74) is 7.19. The van der Waals surface area contributed by atoms with Crippen LogP contribution in [0.5, 0.6) is 11.5 Å². The van der Waals surface area contributed by atoms with E-state index in [1.54, 1.807) is 0 Å². The highest BCUT2D eigenvalue weighted by molar-refractivity contribution is 5.88. The molecule has 0 bridgehead atoms. The average Bonchev–Trinajstić information content (AvgIpc) is 2.71. The van der Waals surface area contributed by atoms with E-state index in [1.165, 1.54) is 0 Å². The van der Waals surface area contributed by atoms with Crippen molar-refractivity contribution in [3.8, 4) is 11.5 Å². The first kappa shape index (κ1) is 17.2. The van der Waals surface area contributed by atoms with Gasteiger partial charge in [-0.1, -0.05) is 54.6 Å². The van der Waals surface area contributed by atoms with E-state index < -0.39 is 0 Å². The Bertz CT molecular complexity index is 950. The Balaban J connectivity index is 1.34. The van der Waals surface area contributed by atoms with Crippen molar-refractivity contribution in [1.29, 1.82) is 0 Å². The molecule has 138 valence electrons. The van der Waals surface area contributed by atoms with Crippen LogP contribution in [0.1, 0.15) is 18.0 Å². The zero-order chi connectivity index (χ0) is 18.5. The Kier molecular flexibility index (Phi) is 5.10. The van der Waals surface area contributed by atoms with Gasteiger partial charge in [0.15, 0.2) is 5.96 Å². The maximum absolute atomic E-state index is 6.07. The number of para-hydroxylation sites is 1. The summed E-state index contributed by atoms with van der Waals surface area (Å²) in [5.74, 6) is 2.21. The molecule has 0 aromatic heterocycles. The molecule has 1 heterocycles. The van der Waals surface area contributed by atoms with Crippen LogP contribution in [0.25, 0.3) is 10.8 Å². The summed E-state index contributed by atoms with van der Waals surface area (Å²) in [7, 11) is 0. The van der Waals surface area contributed by atoms with Crippen LogP contribution in [0.3, 0.4) is 0 Å². The van der Waals surface area contributed by atoms with Gasteiger partial charge in [-0.2, -0.15) is 0 Å². The number of nitrogens with two attached hydrogens (primary N) is 1. The Morgan fingerprint density at radius 1 is 1.07 bits per heavy atom. The standard InChI is InChI=1S/C22H23N3O2/c23-22(25-19-12-14-26-21-10-4-3-9-18(19)21)24-13-15-27-20-11-5-7-16-6-1-2-8-17(16)20/h1-11,19H,12-15H2,(H3,23,24,25). The van der Waals surface area contributed by atoms with Gasteiger partial charge in [-0.05, 0) is 17.5 Å². The molecule has 4 rings (SSSR count). The van der Waals surface area contributed by atoms with Crippen molar-refractivity contribution in [3.05, 3.63) is 72.3 Å². The summed E-state index contributed by atoms with van der Waals surface area (Å²) >= 11 is 0. The van der Waals surface area contributed by atoms with Gasteiger partial charge < -0.3 is 20.5 Å². The second-order valence-electron chi connectivity index (χ2n) is 6.46. The number of hydrogen-bond acceptors (Lipinski definition) is 3. The van der Waals surface area contributed by atoms with Crippen LogP contribution >= 0.6 is 0 Å². The van der Waals surface area contributed by atoms with E-state index in [1.807, 2.05) is 42.5 Å². The molecule has 3 N–H and O–H groups in total. The summed E-state index contributed by atoms with van der Waals surface area (Å²) in [6.45, 7) is 1.64. The molecule has 3 aromatic carbocycles. The minimum absolute atomic E-state index is 0.123. The Morgan fingerprint density at radius 3 is 2.85 bits per heavy atom. The smallest absolute Gasteiger partial charge is 0.189 e. The first-order valence-corrected chi connectivity index (χ1v) is 9.20. The molecule has 0 spiro atoms. The number of nitrogens with zero attached hydrogens (tertiary/aromatic N) is 1. The van der Waals surface area contributed by atoms with E-state index in [2.05, 4.69) is 34.6 Å². The Labute approximate surface area is 158 Å². The molecule has 1 unspecified atom stereocenters. The van der Waals surface area contributed by atoms with Gasteiger partial charge in [0.25, 0.3) is 0 Å². The van der Waals surface area contributed by atoms with E-state index in [-0.39, 0.29) is 6.04 Å². The normalized spacial score (nSPS) is 16.4. The van der Waals surface area contributed by atoms with Crippen molar-refractivity contribution < 1.29 is 9.47 Å². The maximum Gasteiger partial charge on any atom is 0.189 e. The quantitative estimate of drug-likeness (QED) is 0.413. The predicted molar refractivity (Wildman–Crippen MR) is 108 cm³/mol. The van der Waals surface area contributed by atoms with Crippen molar-refractivity contribution in [1.82, 2.24) is 5.32 Å². The minimum Gasteiger partial charge on any atom is -0.493 e. The van der Waals surface area contributed by atoms with Crippen LogP contribution in [-0.2, 0) is 0 Å². The zero-order valence-electron chi connectivity index (χ0n) is 15.1. The molecule has 1 atom stereocenters. The molecule has 5 nitrogen and oxygen atoms in total. The van der Waals surface area contributed by atoms with Gasteiger partial charge in [0, 0.05) is 17.4 Å². The number of guanidine groups is 1. The first-order chi connectivity index (χ1) is 13.3. The highest BCUT2D eigenvalue weighted by Gasteiger charge is 2.21. The van der Waals surface area contributed by atoms with Gasteiger partial charge in [0.1, 0.15) is 18.1 Å². The lowest BCUT2D eigenvalue weighted by Crippen LogP contribution is -2.37. The molecule has 0 aliphatic carbocycles. The lowest BCUT2D eigenvalue weighted by molar-refractivity contribution is 0.262. The monoisotopic (exact) mass is 361 g/mol. The molecule has 0 radical (unpaired) electrons. The fraction of sp³-hybridized carbons (Fsp3) is 0.227. The lowest BCUT2D eigenvalue weighted by Gasteiger charge is -2.26. The molecular weight excluding hydrogens is 338 g/mol. The van der Waals surface area contributed by atoms with Crippen molar-refractivity contribution >= 4 is 16.7 Å². The largest absolute Gasteiger partial charge is 0.493 e. The third kappa shape index (κ3) is 3.97. The fourth-order valence-corrected chi connectivity index (χ4v) is 3.36. The van der Waals surface area contributed by atoms with E-state index in [4.69, 9.17) is 15.2 Å². The van der Waals surface area contributed by atoms with Crippen molar-refractivity contribution in [2.24, 2.45) is 10.7 Å². The summed E-state index contributed by atoms with van der Waals surface area (Å²) in [6, 6.07) is 22.4. The number of aliphatic imine (C=N–C) groups is 1.